The number of carboxylic acid groups (broad SMARTS) is 1. The second kappa shape index (κ2) is 10.8. The molecule has 1 aromatic carbocycles. The molecule has 1 saturated heterocycles. The minimum atomic E-state index is -1.00. The van der Waals surface area contributed by atoms with Crippen molar-refractivity contribution in [3.63, 3.8) is 0 Å². The maximum Gasteiger partial charge on any atom is 0.355 e. The topological polar surface area (TPSA) is 82.5 Å². The minimum Gasteiger partial charge on any atom is -0.476 e. The van der Waals surface area contributed by atoms with Crippen molar-refractivity contribution >= 4 is 35.0 Å². The predicted octanol–water partition coefficient (Wildman–Crippen LogP) is 3.54. The van der Waals surface area contributed by atoms with Crippen LogP contribution in [0.3, 0.4) is 0 Å². The second-order valence-corrected chi connectivity index (χ2v) is 9.47. The fourth-order valence-electron chi connectivity index (χ4n) is 3.43. The fourth-order valence-corrected chi connectivity index (χ4v) is 5.24. The number of aromatic carboxylic acids is 1. The van der Waals surface area contributed by atoms with Crippen LogP contribution in [-0.4, -0.2) is 57.8 Å². The molecule has 1 aliphatic rings. The van der Waals surface area contributed by atoms with E-state index >= 15 is 0 Å². The number of rotatable bonds is 11. The average molecular weight is 434 g/mol. The van der Waals surface area contributed by atoms with E-state index in [-0.39, 0.29) is 17.6 Å². The van der Waals surface area contributed by atoms with Crippen molar-refractivity contribution in [3.05, 3.63) is 47.0 Å². The summed E-state index contributed by atoms with van der Waals surface area (Å²) in [5.41, 5.74) is 1.44. The normalized spacial score (nSPS) is 17.6. The van der Waals surface area contributed by atoms with E-state index in [2.05, 4.69) is 41.5 Å². The monoisotopic (exact) mass is 433 g/mol. The van der Waals surface area contributed by atoms with Crippen LogP contribution < -0.4 is 5.32 Å². The lowest BCUT2D eigenvalue weighted by molar-refractivity contribution is -0.128. The zero-order chi connectivity index (χ0) is 20.6. The summed E-state index contributed by atoms with van der Waals surface area (Å²) in [5, 5.41) is 14.1. The third-order valence-electron chi connectivity index (χ3n) is 5.12. The Balaban J connectivity index is 1.40. The zero-order valence-corrected chi connectivity index (χ0v) is 18.2. The van der Waals surface area contributed by atoms with Crippen LogP contribution in [0.1, 0.15) is 42.2 Å². The third kappa shape index (κ3) is 6.55. The number of carbonyl (C=O) groups is 2. The van der Waals surface area contributed by atoms with Crippen molar-refractivity contribution in [1.82, 2.24) is 15.2 Å². The Morgan fingerprint density at radius 3 is 2.93 bits per heavy atom. The number of aryl methyl sites for hydroxylation is 1. The Labute approximate surface area is 179 Å². The van der Waals surface area contributed by atoms with Crippen LogP contribution in [0.2, 0.25) is 0 Å². The van der Waals surface area contributed by atoms with Gasteiger partial charge in [-0.25, -0.2) is 9.78 Å². The third-order valence-corrected chi connectivity index (χ3v) is 7.12. The van der Waals surface area contributed by atoms with E-state index < -0.39 is 5.97 Å². The van der Waals surface area contributed by atoms with Gasteiger partial charge in [0.2, 0.25) is 5.91 Å². The first-order valence-corrected chi connectivity index (χ1v) is 11.8. The smallest absolute Gasteiger partial charge is 0.355 e. The van der Waals surface area contributed by atoms with Gasteiger partial charge in [-0.3, -0.25) is 4.79 Å². The number of hydrogen-bond donors (Lipinski definition) is 2. The first kappa shape index (κ1) is 21.8. The Bertz CT molecular complexity index is 813. The standard InChI is InChI=1S/C21H27N3O3S2/c1-15(7-8-16-5-3-2-4-6-16)22-13-17-9-10-19(25)24(17)11-12-28-21-23-18(14-29-21)20(26)27/h2-6,14-15,17,22H,7-13H2,1H3,(H,26,27)/t15?,17-/m1/s1. The van der Waals surface area contributed by atoms with Gasteiger partial charge in [0.25, 0.3) is 0 Å². The van der Waals surface area contributed by atoms with Gasteiger partial charge >= 0.3 is 5.97 Å². The van der Waals surface area contributed by atoms with Crippen LogP contribution in [0.4, 0.5) is 0 Å². The summed E-state index contributed by atoms with van der Waals surface area (Å²) in [6, 6.07) is 11.1. The van der Waals surface area contributed by atoms with Gasteiger partial charge in [0.15, 0.2) is 10.0 Å². The molecule has 0 bridgehead atoms. The number of aromatic nitrogens is 1. The van der Waals surface area contributed by atoms with Crippen molar-refractivity contribution in [2.75, 3.05) is 18.8 Å². The molecule has 156 valence electrons. The number of thiazole rings is 1. The molecule has 1 amide bonds. The molecule has 1 fully saturated rings. The fraction of sp³-hybridized carbons (Fsp3) is 0.476. The van der Waals surface area contributed by atoms with Crippen LogP contribution in [-0.2, 0) is 11.2 Å². The number of nitrogens with one attached hydrogen (secondary N) is 1. The van der Waals surface area contributed by atoms with Crippen LogP contribution >= 0.6 is 23.1 Å². The summed E-state index contributed by atoms with van der Waals surface area (Å²) in [7, 11) is 0. The predicted molar refractivity (Wildman–Crippen MR) is 117 cm³/mol. The molecule has 1 aromatic heterocycles. The van der Waals surface area contributed by atoms with Crippen LogP contribution in [0.15, 0.2) is 40.1 Å². The molecule has 0 saturated carbocycles. The molecular formula is C21H27N3O3S2. The molecule has 0 radical (unpaired) electrons. The van der Waals surface area contributed by atoms with Gasteiger partial charge in [-0.1, -0.05) is 42.1 Å². The molecule has 2 atom stereocenters. The number of amides is 1. The van der Waals surface area contributed by atoms with E-state index in [1.54, 1.807) is 5.38 Å². The van der Waals surface area contributed by atoms with Gasteiger partial charge in [-0.2, -0.15) is 0 Å². The molecule has 1 aliphatic heterocycles. The number of benzene rings is 1. The highest BCUT2D eigenvalue weighted by atomic mass is 32.2. The number of nitrogens with zero attached hydrogens (tertiary/aromatic N) is 2. The van der Waals surface area contributed by atoms with Crippen molar-refractivity contribution in [1.29, 1.82) is 0 Å². The SMILES string of the molecule is CC(CCc1ccccc1)NC[C@H]1CCC(=O)N1CCSc1nc(C(=O)O)cs1. The Morgan fingerprint density at radius 1 is 1.41 bits per heavy atom. The summed E-state index contributed by atoms with van der Waals surface area (Å²) in [5.74, 6) is -0.0756. The highest BCUT2D eigenvalue weighted by Crippen LogP contribution is 2.25. The summed E-state index contributed by atoms with van der Waals surface area (Å²) in [6.45, 7) is 3.67. The number of carbonyl (C=O) groups excluding carboxylic acids is 1. The molecule has 6 nitrogen and oxygen atoms in total. The average Bonchev–Trinajstić information content (AvgIpc) is 3.33. The number of hydrogen-bond acceptors (Lipinski definition) is 6. The summed E-state index contributed by atoms with van der Waals surface area (Å²) in [4.78, 5) is 29.2. The van der Waals surface area contributed by atoms with Gasteiger partial charge in [-0.15, -0.1) is 11.3 Å². The minimum absolute atomic E-state index is 0.0846. The quantitative estimate of drug-likeness (QED) is 0.528. The lowest BCUT2D eigenvalue weighted by atomic mass is 10.1. The van der Waals surface area contributed by atoms with E-state index in [0.717, 1.165) is 35.9 Å². The lowest BCUT2D eigenvalue weighted by Crippen LogP contribution is -2.43. The summed E-state index contributed by atoms with van der Waals surface area (Å²) in [6.07, 6.45) is 3.61. The van der Waals surface area contributed by atoms with Crippen molar-refractivity contribution in [2.24, 2.45) is 0 Å². The maximum absolute atomic E-state index is 12.3. The van der Waals surface area contributed by atoms with Crippen LogP contribution in [0.25, 0.3) is 0 Å². The summed E-state index contributed by atoms with van der Waals surface area (Å²) >= 11 is 2.84. The highest BCUT2D eigenvalue weighted by Gasteiger charge is 2.30. The van der Waals surface area contributed by atoms with E-state index in [1.807, 2.05) is 11.0 Å². The van der Waals surface area contributed by atoms with Crippen molar-refractivity contribution < 1.29 is 14.7 Å². The first-order chi connectivity index (χ1) is 14.0. The lowest BCUT2D eigenvalue weighted by Gasteiger charge is -2.26. The molecule has 2 heterocycles. The number of carboxylic acids is 1. The van der Waals surface area contributed by atoms with E-state index in [1.165, 1.54) is 28.7 Å². The highest BCUT2D eigenvalue weighted by molar-refractivity contribution is 8.01. The molecule has 29 heavy (non-hydrogen) atoms. The molecule has 3 rings (SSSR count). The van der Waals surface area contributed by atoms with Gasteiger partial charge in [-0.05, 0) is 31.7 Å². The molecule has 0 spiro atoms. The van der Waals surface area contributed by atoms with Crippen LogP contribution in [0, 0.1) is 0 Å². The van der Waals surface area contributed by atoms with Crippen molar-refractivity contribution in [2.45, 2.75) is 49.0 Å². The number of likely N-dealkylation sites (tertiary alicyclic amines) is 1. The first-order valence-electron chi connectivity index (χ1n) is 9.91. The Kier molecular flexibility index (Phi) is 8.09. The van der Waals surface area contributed by atoms with Crippen LogP contribution in [0.5, 0.6) is 0 Å². The van der Waals surface area contributed by atoms with Gasteiger partial charge in [0.05, 0.1) is 0 Å². The Hall–Kier alpha value is -1.90. The molecule has 2 aromatic rings. The van der Waals surface area contributed by atoms with Crippen molar-refractivity contribution in [3.8, 4) is 0 Å². The number of thioether (sulfide) groups is 1. The molecular weight excluding hydrogens is 406 g/mol. The molecule has 8 heteroatoms. The molecule has 0 aliphatic carbocycles. The van der Waals surface area contributed by atoms with Gasteiger partial charge in [0, 0.05) is 42.7 Å². The second-order valence-electron chi connectivity index (χ2n) is 7.27. The van der Waals surface area contributed by atoms with E-state index in [4.69, 9.17) is 5.11 Å². The summed E-state index contributed by atoms with van der Waals surface area (Å²) < 4.78 is 0.734. The zero-order valence-electron chi connectivity index (χ0n) is 16.5. The maximum atomic E-state index is 12.3. The Morgan fingerprint density at radius 2 is 2.21 bits per heavy atom. The van der Waals surface area contributed by atoms with E-state index in [0.29, 0.717) is 19.0 Å². The van der Waals surface area contributed by atoms with E-state index in [9.17, 15) is 9.59 Å². The van der Waals surface area contributed by atoms with Gasteiger partial charge < -0.3 is 15.3 Å². The van der Waals surface area contributed by atoms with Gasteiger partial charge in [0.1, 0.15) is 0 Å². The molecule has 2 N–H and O–H groups in total. The largest absolute Gasteiger partial charge is 0.476 e. The molecule has 1 unspecified atom stereocenters.